The molecule has 0 saturated heterocycles. The molecule has 9 heteroatoms. The monoisotopic (exact) mass is 409 g/mol. The fourth-order valence-corrected chi connectivity index (χ4v) is 3.97. The maximum atomic E-state index is 12.9. The van der Waals surface area contributed by atoms with Gasteiger partial charge >= 0.3 is 0 Å². The summed E-state index contributed by atoms with van der Waals surface area (Å²) in [4.78, 5) is 21.8. The Labute approximate surface area is 169 Å². The standard InChI is InChI=1S/C19H15N5O2S2/c1-11-14(18(27-2)21-15(20-11)13-9-6-10-26-13)16(25)22-19-24-23-17(28-19)12-7-4-3-5-8-12/h3-10H,1-2H3,(H,22,24,25). The number of hydrogen-bond acceptors (Lipinski definition) is 8. The molecule has 0 atom stereocenters. The highest BCUT2D eigenvalue weighted by Crippen LogP contribution is 2.28. The van der Waals surface area contributed by atoms with Crippen LogP contribution in [0.2, 0.25) is 0 Å². The number of thioether (sulfide) groups is 1. The molecule has 1 amide bonds. The quantitative estimate of drug-likeness (QED) is 0.382. The van der Waals surface area contributed by atoms with E-state index in [4.69, 9.17) is 4.42 Å². The van der Waals surface area contributed by atoms with Crippen molar-refractivity contribution in [3.8, 4) is 22.2 Å². The predicted octanol–water partition coefficient (Wildman–Crippen LogP) is 4.54. The lowest BCUT2D eigenvalue weighted by Crippen LogP contribution is -2.16. The van der Waals surface area contributed by atoms with Gasteiger partial charge in [-0.2, -0.15) is 0 Å². The second kappa shape index (κ2) is 7.91. The summed E-state index contributed by atoms with van der Waals surface area (Å²) in [6.07, 6.45) is 3.43. The zero-order chi connectivity index (χ0) is 19.5. The number of rotatable bonds is 5. The molecule has 1 N–H and O–H groups in total. The van der Waals surface area contributed by atoms with Crippen molar-refractivity contribution in [2.24, 2.45) is 0 Å². The third-order valence-electron chi connectivity index (χ3n) is 3.88. The zero-order valence-corrected chi connectivity index (χ0v) is 16.7. The van der Waals surface area contributed by atoms with E-state index in [1.807, 2.05) is 36.6 Å². The minimum Gasteiger partial charge on any atom is -0.461 e. The molecule has 4 aromatic rings. The van der Waals surface area contributed by atoms with Gasteiger partial charge in [0.05, 0.1) is 17.5 Å². The summed E-state index contributed by atoms with van der Waals surface area (Å²) in [7, 11) is 0. The summed E-state index contributed by atoms with van der Waals surface area (Å²) in [5.74, 6) is 0.691. The number of benzene rings is 1. The summed E-state index contributed by atoms with van der Waals surface area (Å²) >= 11 is 2.69. The second-order valence-corrected chi connectivity index (χ2v) is 7.50. The third kappa shape index (κ3) is 3.67. The molecule has 3 aromatic heterocycles. The summed E-state index contributed by atoms with van der Waals surface area (Å²) in [5, 5.41) is 12.8. The van der Waals surface area contributed by atoms with Crippen LogP contribution in [-0.4, -0.2) is 32.3 Å². The van der Waals surface area contributed by atoms with Crippen LogP contribution in [-0.2, 0) is 0 Å². The number of anilines is 1. The average molecular weight is 409 g/mol. The Balaban J connectivity index is 1.61. The fraction of sp³-hybridized carbons (Fsp3) is 0.105. The van der Waals surface area contributed by atoms with Gasteiger partial charge in [-0.15, -0.1) is 22.0 Å². The molecule has 0 saturated carbocycles. The molecule has 7 nitrogen and oxygen atoms in total. The average Bonchev–Trinajstić information content (AvgIpc) is 3.40. The van der Waals surface area contributed by atoms with Crippen LogP contribution in [0.25, 0.3) is 22.2 Å². The van der Waals surface area contributed by atoms with E-state index < -0.39 is 0 Å². The van der Waals surface area contributed by atoms with Crippen LogP contribution >= 0.6 is 23.1 Å². The smallest absolute Gasteiger partial charge is 0.262 e. The SMILES string of the molecule is CSc1nc(-c2ccco2)nc(C)c1C(=O)Nc1nnc(-c2ccccc2)s1. The molecule has 0 aliphatic carbocycles. The molecule has 0 bridgehead atoms. The van der Waals surface area contributed by atoms with Crippen molar-refractivity contribution in [2.75, 3.05) is 11.6 Å². The molecule has 3 heterocycles. The van der Waals surface area contributed by atoms with Crippen molar-refractivity contribution >= 4 is 34.1 Å². The largest absolute Gasteiger partial charge is 0.461 e. The van der Waals surface area contributed by atoms with Gasteiger partial charge in [-0.05, 0) is 25.3 Å². The first-order chi connectivity index (χ1) is 13.7. The third-order valence-corrected chi connectivity index (χ3v) is 5.45. The highest BCUT2D eigenvalue weighted by atomic mass is 32.2. The van der Waals surface area contributed by atoms with Crippen molar-refractivity contribution in [3.63, 3.8) is 0 Å². The molecular formula is C19H15N5O2S2. The molecule has 28 heavy (non-hydrogen) atoms. The maximum absolute atomic E-state index is 12.9. The summed E-state index contributed by atoms with van der Waals surface area (Å²) < 4.78 is 5.36. The van der Waals surface area contributed by atoms with E-state index in [1.54, 1.807) is 25.3 Å². The molecule has 0 aliphatic heterocycles. The second-order valence-electron chi connectivity index (χ2n) is 5.73. The Morgan fingerprint density at radius 2 is 1.93 bits per heavy atom. The van der Waals surface area contributed by atoms with Crippen LogP contribution in [0.3, 0.4) is 0 Å². The summed E-state index contributed by atoms with van der Waals surface area (Å²) in [5.41, 5.74) is 1.93. The van der Waals surface area contributed by atoms with Crippen molar-refractivity contribution in [2.45, 2.75) is 11.9 Å². The van der Waals surface area contributed by atoms with Gasteiger partial charge < -0.3 is 4.42 Å². The molecular weight excluding hydrogens is 394 g/mol. The number of aromatic nitrogens is 4. The van der Waals surface area contributed by atoms with E-state index in [0.717, 1.165) is 10.6 Å². The number of furan rings is 1. The Morgan fingerprint density at radius 1 is 1.11 bits per heavy atom. The molecule has 140 valence electrons. The topological polar surface area (TPSA) is 93.8 Å². The molecule has 4 rings (SSSR count). The van der Waals surface area contributed by atoms with E-state index in [-0.39, 0.29) is 5.91 Å². The van der Waals surface area contributed by atoms with Crippen LogP contribution < -0.4 is 5.32 Å². The molecule has 0 spiro atoms. The Bertz CT molecular complexity index is 1110. The highest BCUT2D eigenvalue weighted by molar-refractivity contribution is 7.98. The number of nitrogens with one attached hydrogen (secondary N) is 1. The van der Waals surface area contributed by atoms with Gasteiger partial charge in [0.1, 0.15) is 10.0 Å². The van der Waals surface area contributed by atoms with Crippen LogP contribution in [0.1, 0.15) is 16.1 Å². The Morgan fingerprint density at radius 3 is 2.64 bits per heavy atom. The lowest BCUT2D eigenvalue weighted by Gasteiger charge is -2.10. The Kier molecular flexibility index (Phi) is 5.18. The summed E-state index contributed by atoms with van der Waals surface area (Å²) in [6, 6.07) is 13.2. The molecule has 0 aliphatic rings. The molecule has 0 unspecified atom stereocenters. The van der Waals surface area contributed by atoms with Crippen molar-refractivity contribution < 1.29 is 9.21 Å². The normalized spacial score (nSPS) is 10.8. The molecule has 1 aromatic carbocycles. The summed E-state index contributed by atoms with van der Waals surface area (Å²) in [6.45, 7) is 1.78. The van der Waals surface area contributed by atoms with Crippen LogP contribution in [0.15, 0.2) is 58.2 Å². The van der Waals surface area contributed by atoms with E-state index in [2.05, 4.69) is 25.5 Å². The Hall–Kier alpha value is -3.04. The van der Waals surface area contributed by atoms with Gasteiger partial charge in [-0.1, -0.05) is 41.7 Å². The van der Waals surface area contributed by atoms with Gasteiger partial charge in [0.25, 0.3) is 5.91 Å². The maximum Gasteiger partial charge on any atom is 0.262 e. The molecule has 0 fully saturated rings. The number of carbonyl (C=O) groups excluding carboxylic acids is 1. The first-order valence-electron chi connectivity index (χ1n) is 8.32. The fourth-order valence-electron chi connectivity index (χ4n) is 2.60. The van der Waals surface area contributed by atoms with Gasteiger partial charge in [0.2, 0.25) is 5.13 Å². The van der Waals surface area contributed by atoms with Gasteiger partial charge in [0, 0.05) is 5.56 Å². The van der Waals surface area contributed by atoms with Crippen molar-refractivity contribution in [3.05, 3.63) is 60.0 Å². The van der Waals surface area contributed by atoms with E-state index in [1.165, 1.54) is 23.1 Å². The van der Waals surface area contributed by atoms with Crippen LogP contribution in [0.4, 0.5) is 5.13 Å². The number of hydrogen-bond donors (Lipinski definition) is 1. The number of nitrogens with zero attached hydrogens (tertiary/aromatic N) is 4. The number of amides is 1. The van der Waals surface area contributed by atoms with Crippen molar-refractivity contribution in [1.82, 2.24) is 20.2 Å². The zero-order valence-electron chi connectivity index (χ0n) is 15.0. The minimum atomic E-state index is -0.316. The van der Waals surface area contributed by atoms with Gasteiger partial charge in [0.15, 0.2) is 11.6 Å². The van der Waals surface area contributed by atoms with Crippen molar-refractivity contribution in [1.29, 1.82) is 0 Å². The first-order valence-corrected chi connectivity index (χ1v) is 10.4. The van der Waals surface area contributed by atoms with E-state index >= 15 is 0 Å². The first kappa shape index (κ1) is 18.3. The van der Waals surface area contributed by atoms with E-state index in [9.17, 15) is 4.79 Å². The molecule has 0 radical (unpaired) electrons. The minimum absolute atomic E-state index is 0.316. The van der Waals surface area contributed by atoms with Crippen LogP contribution in [0, 0.1) is 6.92 Å². The number of aryl methyl sites for hydroxylation is 1. The number of carbonyl (C=O) groups is 1. The predicted molar refractivity (Wildman–Crippen MR) is 110 cm³/mol. The lowest BCUT2D eigenvalue weighted by molar-refractivity contribution is 0.102. The van der Waals surface area contributed by atoms with Gasteiger partial charge in [-0.3, -0.25) is 10.1 Å². The highest BCUT2D eigenvalue weighted by Gasteiger charge is 2.21. The van der Waals surface area contributed by atoms with Gasteiger partial charge in [-0.25, -0.2) is 9.97 Å². The van der Waals surface area contributed by atoms with Crippen LogP contribution in [0.5, 0.6) is 0 Å². The van der Waals surface area contributed by atoms with E-state index in [0.29, 0.717) is 33.0 Å². The lowest BCUT2D eigenvalue weighted by atomic mass is 10.2.